The molecule has 5 rings (SSSR count). The molecule has 0 aliphatic heterocycles. The Morgan fingerprint density at radius 2 is 1.47 bits per heavy atom. The molecule has 0 aliphatic rings. The minimum absolute atomic E-state index is 0.243. The van der Waals surface area contributed by atoms with Gasteiger partial charge in [-0.3, -0.25) is 0 Å². The molecule has 0 radical (unpaired) electrons. The Hall–Kier alpha value is -3.62. The SMILES string of the molecule is COc1ccc(CNC(C)c2cccc3ccccc23)cc1-c1ccc2ccccc2c1. The Kier molecular flexibility index (Phi) is 5.62. The monoisotopic (exact) mass is 417 g/mol. The molecule has 5 aromatic rings. The third-order valence-electron chi connectivity index (χ3n) is 6.23. The molecule has 0 spiro atoms. The molecular weight excluding hydrogens is 390 g/mol. The van der Waals surface area contributed by atoms with Gasteiger partial charge >= 0.3 is 0 Å². The molecule has 0 saturated heterocycles. The van der Waals surface area contributed by atoms with Crippen LogP contribution in [0.3, 0.4) is 0 Å². The zero-order valence-corrected chi connectivity index (χ0v) is 18.5. The molecular formula is C30H27NO. The smallest absolute Gasteiger partial charge is 0.126 e. The first-order valence-corrected chi connectivity index (χ1v) is 11.1. The van der Waals surface area contributed by atoms with Crippen molar-refractivity contribution in [3.63, 3.8) is 0 Å². The zero-order valence-electron chi connectivity index (χ0n) is 18.5. The summed E-state index contributed by atoms with van der Waals surface area (Å²) >= 11 is 0. The third-order valence-corrected chi connectivity index (χ3v) is 6.23. The number of benzene rings is 5. The predicted octanol–water partition coefficient (Wildman–Crippen LogP) is 7.52. The fourth-order valence-electron chi connectivity index (χ4n) is 4.46. The van der Waals surface area contributed by atoms with Gasteiger partial charge in [-0.2, -0.15) is 0 Å². The lowest BCUT2D eigenvalue weighted by Crippen LogP contribution is -2.18. The first kappa shape index (κ1) is 20.3. The van der Waals surface area contributed by atoms with Crippen LogP contribution in [0.5, 0.6) is 5.75 Å². The van der Waals surface area contributed by atoms with E-state index in [1.807, 2.05) is 0 Å². The largest absolute Gasteiger partial charge is 0.496 e. The number of fused-ring (bicyclic) bond motifs is 2. The maximum atomic E-state index is 5.69. The van der Waals surface area contributed by atoms with E-state index in [0.717, 1.165) is 17.9 Å². The minimum atomic E-state index is 0.243. The van der Waals surface area contributed by atoms with Crippen LogP contribution in [-0.4, -0.2) is 7.11 Å². The summed E-state index contributed by atoms with van der Waals surface area (Å²) in [5, 5.41) is 8.78. The molecule has 0 aliphatic carbocycles. The van der Waals surface area contributed by atoms with Gasteiger partial charge in [0, 0.05) is 18.2 Å². The second-order valence-electron chi connectivity index (χ2n) is 8.27. The highest BCUT2D eigenvalue weighted by molar-refractivity contribution is 5.88. The number of ether oxygens (including phenoxy) is 1. The molecule has 1 unspecified atom stereocenters. The highest BCUT2D eigenvalue weighted by Gasteiger charge is 2.11. The van der Waals surface area contributed by atoms with Crippen LogP contribution in [-0.2, 0) is 6.54 Å². The normalized spacial score (nSPS) is 12.2. The Morgan fingerprint density at radius 1 is 0.719 bits per heavy atom. The molecule has 0 bridgehead atoms. The van der Waals surface area contributed by atoms with E-state index in [0.29, 0.717) is 0 Å². The van der Waals surface area contributed by atoms with Gasteiger partial charge in [-0.1, -0.05) is 84.9 Å². The van der Waals surface area contributed by atoms with Gasteiger partial charge in [0.1, 0.15) is 5.75 Å². The number of rotatable bonds is 6. The Morgan fingerprint density at radius 3 is 2.31 bits per heavy atom. The van der Waals surface area contributed by atoms with Crippen LogP contribution < -0.4 is 10.1 Å². The van der Waals surface area contributed by atoms with E-state index in [2.05, 4.69) is 115 Å². The molecule has 0 fully saturated rings. The second kappa shape index (κ2) is 8.86. The van der Waals surface area contributed by atoms with E-state index in [4.69, 9.17) is 4.74 Å². The number of hydrogen-bond acceptors (Lipinski definition) is 2. The summed E-state index contributed by atoms with van der Waals surface area (Å²) in [5.41, 5.74) is 4.85. The van der Waals surface area contributed by atoms with Gasteiger partial charge in [-0.05, 0) is 63.4 Å². The lowest BCUT2D eigenvalue weighted by molar-refractivity contribution is 0.416. The number of nitrogens with one attached hydrogen (secondary N) is 1. The van der Waals surface area contributed by atoms with E-state index >= 15 is 0 Å². The van der Waals surface area contributed by atoms with Crippen LogP contribution in [0.15, 0.2) is 103 Å². The van der Waals surface area contributed by atoms with E-state index in [-0.39, 0.29) is 6.04 Å². The summed E-state index contributed by atoms with van der Waals surface area (Å²) in [6, 6.07) is 36.9. The fourth-order valence-corrected chi connectivity index (χ4v) is 4.46. The average Bonchev–Trinajstić information content (AvgIpc) is 2.86. The number of hydrogen-bond donors (Lipinski definition) is 1. The topological polar surface area (TPSA) is 21.3 Å². The summed E-state index contributed by atoms with van der Waals surface area (Å²) in [6.07, 6.45) is 0. The third kappa shape index (κ3) is 3.98. The lowest BCUT2D eigenvalue weighted by Gasteiger charge is -2.18. The Labute approximate surface area is 189 Å². The van der Waals surface area contributed by atoms with Gasteiger partial charge in [0.05, 0.1) is 7.11 Å². The van der Waals surface area contributed by atoms with Crippen molar-refractivity contribution in [2.75, 3.05) is 7.11 Å². The Balaban J connectivity index is 1.42. The van der Waals surface area contributed by atoms with E-state index in [1.165, 1.54) is 38.2 Å². The van der Waals surface area contributed by atoms with Gasteiger partial charge in [-0.25, -0.2) is 0 Å². The van der Waals surface area contributed by atoms with Crippen LogP contribution in [0.2, 0.25) is 0 Å². The van der Waals surface area contributed by atoms with Crippen molar-refractivity contribution in [3.05, 3.63) is 114 Å². The highest BCUT2D eigenvalue weighted by Crippen LogP contribution is 2.33. The molecule has 1 atom stereocenters. The minimum Gasteiger partial charge on any atom is -0.496 e. The molecule has 1 N–H and O–H groups in total. The molecule has 0 heterocycles. The van der Waals surface area contributed by atoms with Gasteiger partial charge < -0.3 is 10.1 Å². The number of methoxy groups -OCH3 is 1. The van der Waals surface area contributed by atoms with Gasteiger partial charge in [0.2, 0.25) is 0 Å². The molecule has 0 amide bonds. The van der Waals surface area contributed by atoms with Crippen molar-refractivity contribution in [2.24, 2.45) is 0 Å². The molecule has 2 nitrogen and oxygen atoms in total. The van der Waals surface area contributed by atoms with Crippen molar-refractivity contribution in [2.45, 2.75) is 19.5 Å². The van der Waals surface area contributed by atoms with Crippen LogP contribution in [0, 0.1) is 0 Å². The molecule has 0 saturated carbocycles. The molecule has 0 aromatic heterocycles. The van der Waals surface area contributed by atoms with Crippen molar-refractivity contribution in [3.8, 4) is 16.9 Å². The van der Waals surface area contributed by atoms with E-state index in [1.54, 1.807) is 7.11 Å². The van der Waals surface area contributed by atoms with Gasteiger partial charge in [-0.15, -0.1) is 0 Å². The van der Waals surface area contributed by atoms with Crippen molar-refractivity contribution >= 4 is 21.5 Å². The molecule has 32 heavy (non-hydrogen) atoms. The van der Waals surface area contributed by atoms with Crippen molar-refractivity contribution in [1.29, 1.82) is 0 Å². The Bertz CT molecular complexity index is 1380. The van der Waals surface area contributed by atoms with E-state index in [9.17, 15) is 0 Å². The first-order chi connectivity index (χ1) is 15.7. The fraction of sp³-hybridized carbons (Fsp3) is 0.133. The average molecular weight is 418 g/mol. The van der Waals surface area contributed by atoms with Crippen LogP contribution in [0.1, 0.15) is 24.1 Å². The molecule has 158 valence electrons. The van der Waals surface area contributed by atoms with E-state index < -0.39 is 0 Å². The second-order valence-corrected chi connectivity index (χ2v) is 8.27. The van der Waals surface area contributed by atoms with Gasteiger partial charge in [0.15, 0.2) is 0 Å². The molecule has 5 aromatic carbocycles. The maximum Gasteiger partial charge on any atom is 0.126 e. The molecule has 2 heteroatoms. The standard InChI is InChI=1S/C30H27NO/c1-21(27-13-7-11-24-9-5-6-12-28(24)27)31-20-22-14-17-30(32-2)29(18-22)26-16-15-23-8-3-4-10-25(23)19-26/h3-19,21,31H,20H2,1-2H3. The van der Waals surface area contributed by atoms with Crippen molar-refractivity contribution in [1.82, 2.24) is 5.32 Å². The predicted molar refractivity (Wildman–Crippen MR) is 135 cm³/mol. The first-order valence-electron chi connectivity index (χ1n) is 11.1. The quantitative estimate of drug-likeness (QED) is 0.308. The summed E-state index contributed by atoms with van der Waals surface area (Å²) in [5.74, 6) is 0.895. The maximum absolute atomic E-state index is 5.69. The summed E-state index contributed by atoms with van der Waals surface area (Å²) in [6.45, 7) is 3.02. The van der Waals surface area contributed by atoms with Crippen LogP contribution >= 0.6 is 0 Å². The summed E-state index contributed by atoms with van der Waals surface area (Å²) < 4.78 is 5.69. The lowest BCUT2D eigenvalue weighted by atomic mass is 9.98. The van der Waals surface area contributed by atoms with Crippen LogP contribution in [0.25, 0.3) is 32.7 Å². The zero-order chi connectivity index (χ0) is 21.9. The highest BCUT2D eigenvalue weighted by atomic mass is 16.5. The van der Waals surface area contributed by atoms with Gasteiger partial charge in [0.25, 0.3) is 0 Å². The van der Waals surface area contributed by atoms with Crippen molar-refractivity contribution < 1.29 is 4.74 Å². The van der Waals surface area contributed by atoms with Crippen LogP contribution in [0.4, 0.5) is 0 Å². The summed E-state index contributed by atoms with van der Waals surface area (Å²) in [4.78, 5) is 0. The summed E-state index contributed by atoms with van der Waals surface area (Å²) in [7, 11) is 1.74.